The summed E-state index contributed by atoms with van der Waals surface area (Å²) in [6.07, 6.45) is 5.30. The lowest BCUT2D eigenvalue weighted by atomic mass is 9.98. The van der Waals surface area contributed by atoms with Gasteiger partial charge in [-0.05, 0) is 46.6 Å². The fraction of sp³-hybridized carbons (Fsp3) is 0.786. The molecule has 0 saturated carbocycles. The Balaban J connectivity index is 1.66. The molecule has 2 atom stereocenters. The zero-order valence-electron chi connectivity index (χ0n) is 11.6. The first-order valence-corrected chi connectivity index (χ1v) is 7.01. The second-order valence-electron chi connectivity index (χ2n) is 5.98. The van der Waals surface area contributed by atoms with Gasteiger partial charge in [0.15, 0.2) is 0 Å². The fourth-order valence-corrected chi connectivity index (χ4v) is 3.49. The number of nitrogens with one attached hydrogen (secondary N) is 1. The molecular formula is C14H23N3O. The van der Waals surface area contributed by atoms with E-state index in [-0.39, 0.29) is 0 Å². The largest absolute Gasteiger partial charge is 0.361 e. The molecule has 2 unspecified atom stereocenters. The summed E-state index contributed by atoms with van der Waals surface area (Å²) >= 11 is 0. The van der Waals surface area contributed by atoms with Crippen molar-refractivity contribution in [2.24, 2.45) is 0 Å². The van der Waals surface area contributed by atoms with Crippen molar-refractivity contribution < 1.29 is 4.52 Å². The molecule has 0 aromatic carbocycles. The molecule has 1 N–H and O–H groups in total. The minimum absolute atomic E-state index is 0.706. The van der Waals surface area contributed by atoms with Crippen LogP contribution in [0.25, 0.3) is 0 Å². The Bertz CT molecular complexity index is 397. The lowest BCUT2D eigenvalue weighted by Crippen LogP contribution is -2.46. The zero-order valence-corrected chi connectivity index (χ0v) is 11.6. The molecule has 3 rings (SSSR count). The fourth-order valence-electron chi connectivity index (χ4n) is 3.49. The van der Waals surface area contributed by atoms with Crippen LogP contribution in [0.3, 0.4) is 0 Å². The van der Waals surface area contributed by atoms with Crippen LogP contribution in [-0.4, -0.2) is 35.2 Å². The third-order valence-corrected chi connectivity index (χ3v) is 4.66. The van der Waals surface area contributed by atoms with Gasteiger partial charge in [0.2, 0.25) is 0 Å². The first-order chi connectivity index (χ1) is 8.63. The highest BCUT2D eigenvalue weighted by Crippen LogP contribution is 2.30. The third kappa shape index (κ3) is 2.19. The first kappa shape index (κ1) is 12.2. The summed E-state index contributed by atoms with van der Waals surface area (Å²) < 4.78 is 5.25. The Labute approximate surface area is 109 Å². The quantitative estimate of drug-likeness (QED) is 0.889. The van der Waals surface area contributed by atoms with Crippen molar-refractivity contribution in [3.05, 3.63) is 17.0 Å². The molecule has 2 aliphatic rings. The van der Waals surface area contributed by atoms with Crippen molar-refractivity contribution in [3.63, 3.8) is 0 Å². The molecule has 0 amide bonds. The van der Waals surface area contributed by atoms with Crippen LogP contribution in [0.1, 0.15) is 42.7 Å². The van der Waals surface area contributed by atoms with E-state index in [1.54, 1.807) is 0 Å². The molecule has 4 heteroatoms. The molecule has 0 radical (unpaired) electrons. The van der Waals surface area contributed by atoms with Gasteiger partial charge in [-0.25, -0.2) is 0 Å². The van der Waals surface area contributed by atoms with Crippen molar-refractivity contribution in [1.82, 2.24) is 15.4 Å². The molecular weight excluding hydrogens is 226 g/mol. The minimum atomic E-state index is 0.706. The van der Waals surface area contributed by atoms with Crippen molar-refractivity contribution in [2.75, 3.05) is 7.05 Å². The van der Waals surface area contributed by atoms with Crippen LogP contribution in [0.2, 0.25) is 0 Å². The Morgan fingerprint density at radius 1 is 1.28 bits per heavy atom. The highest BCUT2D eigenvalue weighted by molar-refractivity contribution is 5.20. The van der Waals surface area contributed by atoms with Crippen LogP contribution in [0.5, 0.6) is 0 Å². The summed E-state index contributed by atoms with van der Waals surface area (Å²) in [6.45, 7) is 5.01. The van der Waals surface area contributed by atoms with Crippen LogP contribution in [0, 0.1) is 13.8 Å². The number of nitrogens with zero attached hydrogens (tertiary/aromatic N) is 2. The molecule has 2 fully saturated rings. The van der Waals surface area contributed by atoms with Crippen LogP contribution in [-0.2, 0) is 6.54 Å². The monoisotopic (exact) mass is 249 g/mol. The van der Waals surface area contributed by atoms with Crippen LogP contribution in [0.15, 0.2) is 4.52 Å². The molecule has 100 valence electrons. The van der Waals surface area contributed by atoms with Crippen LogP contribution >= 0.6 is 0 Å². The second kappa shape index (κ2) is 4.67. The Morgan fingerprint density at radius 3 is 2.50 bits per heavy atom. The second-order valence-corrected chi connectivity index (χ2v) is 5.98. The maximum Gasteiger partial charge on any atom is 0.138 e. The third-order valence-electron chi connectivity index (χ3n) is 4.66. The van der Waals surface area contributed by atoms with Gasteiger partial charge < -0.3 is 9.84 Å². The average molecular weight is 249 g/mol. The lowest BCUT2D eigenvalue weighted by Gasteiger charge is -2.35. The van der Waals surface area contributed by atoms with E-state index in [9.17, 15) is 0 Å². The van der Waals surface area contributed by atoms with E-state index in [1.165, 1.54) is 31.2 Å². The highest BCUT2D eigenvalue weighted by atomic mass is 16.5. The maximum absolute atomic E-state index is 5.25. The summed E-state index contributed by atoms with van der Waals surface area (Å²) in [4.78, 5) is 2.48. The standard InChI is InChI=1S/C14H23N3O/c1-9-14(10(2)18-16-9)8-17(3)13-6-11-4-5-12(7-13)15-11/h11-13,15H,4-8H2,1-3H3. The molecule has 2 saturated heterocycles. The summed E-state index contributed by atoms with van der Waals surface area (Å²) in [5.74, 6) is 0.969. The SMILES string of the molecule is Cc1noc(C)c1CN(C)C1CC2CCC(C1)N2. The molecule has 3 heterocycles. The Hall–Kier alpha value is -0.870. The summed E-state index contributed by atoms with van der Waals surface area (Å²) in [7, 11) is 2.24. The lowest BCUT2D eigenvalue weighted by molar-refractivity contribution is 0.165. The predicted octanol–water partition coefficient (Wildman–Crippen LogP) is 2.01. The van der Waals surface area contributed by atoms with Crippen LogP contribution in [0.4, 0.5) is 0 Å². The summed E-state index contributed by atoms with van der Waals surface area (Å²) in [5, 5.41) is 7.74. The number of hydrogen-bond acceptors (Lipinski definition) is 4. The van der Waals surface area contributed by atoms with Crippen molar-refractivity contribution in [3.8, 4) is 0 Å². The Morgan fingerprint density at radius 2 is 1.94 bits per heavy atom. The average Bonchev–Trinajstić information content (AvgIpc) is 2.85. The highest BCUT2D eigenvalue weighted by Gasteiger charge is 2.35. The molecule has 2 bridgehead atoms. The van der Waals surface area contributed by atoms with Gasteiger partial charge >= 0.3 is 0 Å². The maximum atomic E-state index is 5.25. The number of rotatable bonds is 3. The van der Waals surface area contributed by atoms with E-state index < -0.39 is 0 Å². The van der Waals surface area contributed by atoms with E-state index in [1.807, 2.05) is 13.8 Å². The predicted molar refractivity (Wildman–Crippen MR) is 70.4 cm³/mol. The van der Waals surface area contributed by atoms with E-state index in [0.717, 1.165) is 30.1 Å². The van der Waals surface area contributed by atoms with Gasteiger partial charge in [0.05, 0.1) is 5.69 Å². The van der Waals surface area contributed by atoms with E-state index in [0.29, 0.717) is 6.04 Å². The molecule has 1 aromatic heterocycles. The van der Waals surface area contributed by atoms with E-state index in [2.05, 4.69) is 22.4 Å². The van der Waals surface area contributed by atoms with Gasteiger partial charge in [-0.1, -0.05) is 5.16 Å². The van der Waals surface area contributed by atoms with E-state index >= 15 is 0 Å². The molecule has 4 nitrogen and oxygen atoms in total. The smallest absolute Gasteiger partial charge is 0.138 e. The zero-order chi connectivity index (χ0) is 12.7. The van der Waals surface area contributed by atoms with Gasteiger partial charge in [0.1, 0.15) is 5.76 Å². The molecule has 0 aliphatic carbocycles. The summed E-state index contributed by atoms with van der Waals surface area (Å²) in [6, 6.07) is 2.21. The summed E-state index contributed by atoms with van der Waals surface area (Å²) in [5.41, 5.74) is 2.31. The minimum Gasteiger partial charge on any atom is -0.361 e. The van der Waals surface area contributed by atoms with Gasteiger partial charge in [0.25, 0.3) is 0 Å². The van der Waals surface area contributed by atoms with Gasteiger partial charge in [-0.2, -0.15) is 0 Å². The number of piperidine rings is 1. The van der Waals surface area contributed by atoms with Crippen molar-refractivity contribution >= 4 is 0 Å². The number of aromatic nitrogens is 1. The Kier molecular flexibility index (Phi) is 3.16. The first-order valence-electron chi connectivity index (χ1n) is 7.01. The molecule has 0 spiro atoms. The number of fused-ring (bicyclic) bond motifs is 2. The van der Waals surface area contributed by atoms with Gasteiger partial charge in [-0.15, -0.1) is 0 Å². The normalized spacial score (nSPS) is 31.2. The van der Waals surface area contributed by atoms with E-state index in [4.69, 9.17) is 4.52 Å². The van der Waals surface area contributed by atoms with Gasteiger partial charge in [-0.3, -0.25) is 4.90 Å². The van der Waals surface area contributed by atoms with Crippen LogP contribution < -0.4 is 5.32 Å². The van der Waals surface area contributed by atoms with Crippen molar-refractivity contribution in [2.45, 2.75) is 64.2 Å². The van der Waals surface area contributed by atoms with Crippen molar-refractivity contribution in [1.29, 1.82) is 0 Å². The molecule has 18 heavy (non-hydrogen) atoms. The number of hydrogen-bond donors (Lipinski definition) is 1. The topological polar surface area (TPSA) is 41.3 Å². The van der Waals surface area contributed by atoms with Gasteiger partial charge in [0, 0.05) is 30.2 Å². The number of aryl methyl sites for hydroxylation is 2. The molecule has 2 aliphatic heterocycles. The molecule has 1 aromatic rings.